The second-order valence-electron chi connectivity index (χ2n) is 4.07. The van der Waals surface area contributed by atoms with Crippen molar-refractivity contribution in [3.05, 3.63) is 17.7 Å². The lowest BCUT2D eigenvalue weighted by molar-refractivity contribution is 0.515. The van der Waals surface area contributed by atoms with E-state index in [2.05, 4.69) is 22.2 Å². The second-order valence-corrected chi connectivity index (χ2v) is 4.07. The van der Waals surface area contributed by atoms with E-state index in [0.29, 0.717) is 0 Å². The normalized spacial score (nSPS) is 17.8. The standard InChI is InChI=1S/C11H19N3/c1-2-9-7-13-11(14-9)8-12-10-5-3-4-6-10/h7,10,12H,2-6,8H2,1H3,(H,13,14). The molecule has 3 nitrogen and oxygen atoms in total. The van der Waals surface area contributed by atoms with Crippen molar-refractivity contribution < 1.29 is 0 Å². The maximum absolute atomic E-state index is 4.33. The monoisotopic (exact) mass is 193 g/mol. The van der Waals surface area contributed by atoms with Crippen LogP contribution in [0.4, 0.5) is 0 Å². The highest BCUT2D eigenvalue weighted by Gasteiger charge is 2.14. The Bertz CT molecular complexity index is 274. The first kappa shape index (κ1) is 9.71. The number of nitrogens with zero attached hydrogens (tertiary/aromatic N) is 1. The Balaban J connectivity index is 1.79. The Morgan fingerprint density at radius 3 is 2.93 bits per heavy atom. The largest absolute Gasteiger partial charge is 0.345 e. The molecule has 1 aliphatic carbocycles. The smallest absolute Gasteiger partial charge is 0.120 e. The molecule has 1 aromatic heterocycles. The number of nitrogens with one attached hydrogen (secondary N) is 2. The summed E-state index contributed by atoms with van der Waals surface area (Å²) in [4.78, 5) is 7.64. The first-order valence-electron chi connectivity index (χ1n) is 5.64. The van der Waals surface area contributed by atoms with E-state index < -0.39 is 0 Å². The number of imidazole rings is 1. The maximum Gasteiger partial charge on any atom is 0.120 e. The third-order valence-corrected chi connectivity index (χ3v) is 2.98. The van der Waals surface area contributed by atoms with Crippen LogP contribution in [0.25, 0.3) is 0 Å². The molecule has 0 bridgehead atoms. The minimum atomic E-state index is 0.727. The van der Waals surface area contributed by atoms with Gasteiger partial charge in [-0.3, -0.25) is 0 Å². The molecule has 0 atom stereocenters. The van der Waals surface area contributed by atoms with Gasteiger partial charge in [0, 0.05) is 17.9 Å². The SMILES string of the molecule is CCc1cnc(CNC2CCCC2)[nH]1. The molecule has 0 aliphatic heterocycles. The van der Waals surface area contributed by atoms with Gasteiger partial charge in [-0.25, -0.2) is 4.98 Å². The molecule has 14 heavy (non-hydrogen) atoms. The Morgan fingerprint density at radius 1 is 1.50 bits per heavy atom. The molecule has 0 aromatic carbocycles. The summed E-state index contributed by atoms with van der Waals surface area (Å²) < 4.78 is 0. The molecule has 1 saturated carbocycles. The van der Waals surface area contributed by atoms with Gasteiger partial charge in [0.15, 0.2) is 0 Å². The van der Waals surface area contributed by atoms with Gasteiger partial charge in [0.1, 0.15) is 5.82 Å². The molecule has 0 unspecified atom stereocenters. The summed E-state index contributed by atoms with van der Waals surface area (Å²) in [7, 11) is 0. The summed E-state index contributed by atoms with van der Waals surface area (Å²) in [6, 6.07) is 0.727. The first-order chi connectivity index (χ1) is 6.88. The molecule has 1 aliphatic rings. The van der Waals surface area contributed by atoms with Crippen molar-refractivity contribution >= 4 is 0 Å². The Kier molecular flexibility index (Phi) is 3.19. The molecule has 3 heteroatoms. The summed E-state index contributed by atoms with van der Waals surface area (Å²) >= 11 is 0. The van der Waals surface area contributed by atoms with Crippen molar-refractivity contribution in [1.82, 2.24) is 15.3 Å². The number of hydrogen-bond donors (Lipinski definition) is 2. The molecule has 1 aromatic rings. The van der Waals surface area contributed by atoms with E-state index in [9.17, 15) is 0 Å². The molecule has 1 fully saturated rings. The van der Waals surface area contributed by atoms with Crippen LogP contribution in [0.2, 0.25) is 0 Å². The summed E-state index contributed by atoms with van der Waals surface area (Å²) in [5, 5.41) is 3.54. The minimum absolute atomic E-state index is 0.727. The Labute approximate surface area is 85.3 Å². The lowest BCUT2D eigenvalue weighted by Crippen LogP contribution is -2.25. The molecular weight excluding hydrogens is 174 g/mol. The highest BCUT2D eigenvalue weighted by molar-refractivity contribution is 5.00. The van der Waals surface area contributed by atoms with E-state index in [4.69, 9.17) is 0 Å². The predicted molar refractivity (Wildman–Crippen MR) is 57.1 cm³/mol. The van der Waals surface area contributed by atoms with Crippen LogP contribution in [0.3, 0.4) is 0 Å². The van der Waals surface area contributed by atoms with Crippen molar-refractivity contribution in [2.75, 3.05) is 0 Å². The van der Waals surface area contributed by atoms with Crippen molar-refractivity contribution in [1.29, 1.82) is 0 Å². The molecule has 2 rings (SSSR count). The van der Waals surface area contributed by atoms with E-state index in [0.717, 1.165) is 24.8 Å². The fraction of sp³-hybridized carbons (Fsp3) is 0.727. The molecule has 0 amide bonds. The van der Waals surface area contributed by atoms with Crippen molar-refractivity contribution in [3.8, 4) is 0 Å². The number of aromatic amines is 1. The van der Waals surface area contributed by atoms with Crippen LogP contribution in [0.1, 0.15) is 44.1 Å². The molecule has 0 saturated heterocycles. The minimum Gasteiger partial charge on any atom is -0.345 e. The van der Waals surface area contributed by atoms with Gasteiger partial charge < -0.3 is 10.3 Å². The van der Waals surface area contributed by atoms with Gasteiger partial charge in [-0.2, -0.15) is 0 Å². The highest BCUT2D eigenvalue weighted by atomic mass is 15.0. The van der Waals surface area contributed by atoms with Crippen LogP contribution in [0.15, 0.2) is 6.20 Å². The third-order valence-electron chi connectivity index (χ3n) is 2.98. The summed E-state index contributed by atoms with van der Waals surface area (Å²) in [5.41, 5.74) is 1.23. The number of H-pyrrole nitrogens is 1. The van der Waals surface area contributed by atoms with Gasteiger partial charge in [-0.15, -0.1) is 0 Å². The van der Waals surface area contributed by atoms with Gasteiger partial charge in [0.2, 0.25) is 0 Å². The van der Waals surface area contributed by atoms with Crippen LogP contribution in [-0.4, -0.2) is 16.0 Å². The number of rotatable bonds is 4. The fourth-order valence-corrected chi connectivity index (χ4v) is 2.05. The topological polar surface area (TPSA) is 40.7 Å². The van der Waals surface area contributed by atoms with E-state index in [1.165, 1.54) is 31.4 Å². The van der Waals surface area contributed by atoms with Crippen molar-refractivity contribution in [3.63, 3.8) is 0 Å². The summed E-state index contributed by atoms with van der Waals surface area (Å²) in [6.07, 6.45) is 8.41. The highest BCUT2D eigenvalue weighted by Crippen LogP contribution is 2.17. The maximum atomic E-state index is 4.33. The Hall–Kier alpha value is -0.830. The average molecular weight is 193 g/mol. The molecule has 78 valence electrons. The third kappa shape index (κ3) is 2.35. The molecule has 1 heterocycles. The zero-order valence-electron chi connectivity index (χ0n) is 8.84. The van der Waals surface area contributed by atoms with Crippen LogP contribution in [-0.2, 0) is 13.0 Å². The van der Waals surface area contributed by atoms with E-state index in [1.807, 2.05) is 6.20 Å². The predicted octanol–water partition coefficient (Wildman–Crippen LogP) is 2.00. The van der Waals surface area contributed by atoms with E-state index in [-0.39, 0.29) is 0 Å². The van der Waals surface area contributed by atoms with Crippen molar-refractivity contribution in [2.24, 2.45) is 0 Å². The van der Waals surface area contributed by atoms with Crippen LogP contribution >= 0.6 is 0 Å². The molecule has 0 spiro atoms. The van der Waals surface area contributed by atoms with Crippen molar-refractivity contribution in [2.45, 2.75) is 51.6 Å². The van der Waals surface area contributed by atoms with Gasteiger partial charge in [-0.1, -0.05) is 19.8 Å². The zero-order valence-corrected chi connectivity index (χ0v) is 8.84. The molecular formula is C11H19N3. The number of aryl methyl sites for hydroxylation is 1. The zero-order chi connectivity index (χ0) is 9.80. The van der Waals surface area contributed by atoms with E-state index in [1.54, 1.807) is 0 Å². The summed E-state index contributed by atoms with van der Waals surface area (Å²) in [6.45, 7) is 3.03. The first-order valence-corrected chi connectivity index (χ1v) is 5.64. The number of aromatic nitrogens is 2. The average Bonchev–Trinajstić information content (AvgIpc) is 2.86. The molecule has 2 N–H and O–H groups in total. The number of hydrogen-bond acceptors (Lipinski definition) is 2. The van der Waals surface area contributed by atoms with E-state index >= 15 is 0 Å². The molecule has 0 radical (unpaired) electrons. The fourth-order valence-electron chi connectivity index (χ4n) is 2.05. The van der Waals surface area contributed by atoms with Crippen LogP contribution in [0.5, 0.6) is 0 Å². The van der Waals surface area contributed by atoms with Gasteiger partial charge in [0.05, 0.1) is 6.54 Å². The van der Waals surface area contributed by atoms with Crippen LogP contribution < -0.4 is 5.32 Å². The van der Waals surface area contributed by atoms with Gasteiger partial charge in [0.25, 0.3) is 0 Å². The van der Waals surface area contributed by atoms with Gasteiger partial charge >= 0.3 is 0 Å². The van der Waals surface area contributed by atoms with Crippen LogP contribution in [0, 0.1) is 0 Å². The second kappa shape index (κ2) is 4.60. The lowest BCUT2D eigenvalue weighted by Gasteiger charge is -2.09. The summed E-state index contributed by atoms with van der Waals surface area (Å²) in [5.74, 6) is 1.08. The Morgan fingerprint density at radius 2 is 2.29 bits per heavy atom. The van der Waals surface area contributed by atoms with Gasteiger partial charge in [-0.05, 0) is 19.3 Å². The lowest BCUT2D eigenvalue weighted by atomic mass is 10.2. The quantitative estimate of drug-likeness (QED) is 0.768.